The van der Waals surface area contributed by atoms with Gasteiger partial charge in [-0.25, -0.2) is 0 Å². The molecule has 1 aromatic heterocycles. The second kappa shape index (κ2) is 7.63. The number of halogens is 2. The molecule has 1 N–H and O–H groups in total. The summed E-state index contributed by atoms with van der Waals surface area (Å²) >= 11 is 13.2. The normalized spacial score (nSPS) is 10.3. The van der Waals surface area contributed by atoms with Crippen molar-refractivity contribution < 1.29 is 14.3 Å². The number of carbonyl (C=O) groups is 2. The molecule has 0 spiro atoms. The molecule has 0 bridgehead atoms. The number of hydrogen-bond donors (Lipinski definition) is 1. The van der Waals surface area contributed by atoms with Gasteiger partial charge in [-0.2, -0.15) is 0 Å². The fourth-order valence-corrected chi connectivity index (χ4v) is 2.86. The first-order chi connectivity index (χ1) is 10.5. The SMILES string of the molecule is CC(=O)NCc1ccc(C(=O)COc2cccc(Cl)c2Cl)s1. The van der Waals surface area contributed by atoms with Gasteiger partial charge in [0.1, 0.15) is 10.8 Å². The summed E-state index contributed by atoms with van der Waals surface area (Å²) in [6.45, 7) is 1.73. The highest BCUT2D eigenvalue weighted by molar-refractivity contribution is 7.14. The van der Waals surface area contributed by atoms with E-state index in [1.54, 1.807) is 30.3 Å². The summed E-state index contributed by atoms with van der Waals surface area (Å²) in [7, 11) is 0. The minimum Gasteiger partial charge on any atom is -0.484 e. The molecule has 0 radical (unpaired) electrons. The number of amides is 1. The summed E-state index contributed by atoms with van der Waals surface area (Å²) in [5.74, 6) is 0.105. The summed E-state index contributed by atoms with van der Waals surface area (Å²) in [6.07, 6.45) is 0. The molecular formula is C15H13Cl2NO3S. The van der Waals surface area contributed by atoms with Crippen LogP contribution >= 0.6 is 34.5 Å². The van der Waals surface area contributed by atoms with Crippen LogP contribution in [0.4, 0.5) is 0 Å². The fraction of sp³-hybridized carbons (Fsp3) is 0.200. The lowest BCUT2D eigenvalue weighted by Gasteiger charge is -2.07. The van der Waals surface area contributed by atoms with E-state index in [9.17, 15) is 9.59 Å². The molecule has 0 atom stereocenters. The number of carbonyl (C=O) groups excluding carboxylic acids is 2. The molecule has 1 aromatic carbocycles. The molecule has 0 saturated carbocycles. The van der Waals surface area contributed by atoms with Gasteiger partial charge in [0.2, 0.25) is 11.7 Å². The Morgan fingerprint density at radius 1 is 1.23 bits per heavy atom. The van der Waals surface area contributed by atoms with Crippen molar-refractivity contribution in [2.24, 2.45) is 0 Å². The Balaban J connectivity index is 1.95. The number of ether oxygens (including phenoxy) is 1. The van der Waals surface area contributed by atoms with E-state index in [0.29, 0.717) is 22.2 Å². The van der Waals surface area contributed by atoms with Crippen molar-refractivity contribution in [1.82, 2.24) is 5.32 Å². The summed E-state index contributed by atoms with van der Waals surface area (Å²) in [5.41, 5.74) is 0. The standard InChI is InChI=1S/C15H13Cl2NO3S/c1-9(19)18-7-10-5-6-14(22-10)12(20)8-21-13-4-2-3-11(16)15(13)17/h2-6H,7-8H2,1H3,(H,18,19). The highest BCUT2D eigenvalue weighted by Crippen LogP contribution is 2.31. The van der Waals surface area contributed by atoms with Gasteiger partial charge in [-0.15, -0.1) is 11.3 Å². The van der Waals surface area contributed by atoms with Crippen molar-refractivity contribution in [2.45, 2.75) is 13.5 Å². The van der Waals surface area contributed by atoms with E-state index >= 15 is 0 Å². The number of benzene rings is 1. The van der Waals surface area contributed by atoms with E-state index in [0.717, 1.165) is 4.88 Å². The van der Waals surface area contributed by atoms with E-state index < -0.39 is 0 Å². The Morgan fingerprint density at radius 2 is 2.00 bits per heavy atom. The zero-order valence-electron chi connectivity index (χ0n) is 11.7. The average molecular weight is 358 g/mol. The van der Waals surface area contributed by atoms with Gasteiger partial charge in [-0.3, -0.25) is 9.59 Å². The number of Topliss-reactive ketones (excluding diaryl/α,β-unsaturated/α-hetero) is 1. The predicted molar refractivity (Wildman–Crippen MR) is 88.1 cm³/mol. The van der Waals surface area contributed by atoms with Gasteiger partial charge in [-0.1, -0.05) is 29.3 Å². The number of thiophene rings is 1. The molecule has 22 heavy (non-hydrogen) atoms. The minimum absolute atomic E-state index is 0.111. The first kappa shape index (κ1) is 16.8. The summed E-state index contributed by atoms with van der Waals surface area (Å²) in [4.78, 5) is 24.4. The average Bonchev–Trinajstić information content (AvgIpc) is 2.95. The Bertz CT molecular complexity index is 700. The van der Waals surface area contributed by atoms with Gasteiger partial charge in [0.25, 0.3) is 0 Å². The molecular weight excluding hydrogens is 345 g/mol. The van der Waals surface area contributed by atoms with Crippen LogP contribution in [0.3, 0.4) is 0 Å². The van der Waals surface area contributed by atoms with Crippen molar-refractivity contribution in [3.8, 4) is 5.75 Å². The molecule has 7 heteroatoms. The Hall–Kier alpha value is -1.56. The lowest BCUT2D eigenvalue weighted by atomic mass is 10.3. The van der Waals surface area contributed by atoms with Crippen LogP contribution in [0.1, 0.15) is 21.5 Å². The van der Waals surface area contributed by atoms with Crippen molar-refractivity contribution in [2.75, 3.05) is 6.61 Å². The van der Waals surface area contributed by atoms with Crippen LogP contribution in [0.2, 0.25) is 10.0 Å². The second-order valence-corrected chi connectivity index (χ2v) is 6.39. The molecule has 0 aliphatic heterocycles. The Kier molecular flexibility index (Phi) is 5.83. The van der Waals surface area contributed by atoms with E-state index in [1.807, 2.05) is 0 Å². The van der Waals surface area contributed by atoms with Crippen molar-refractivity contribution in [3.63, 3.8) is 0 Å². The van der Waals surface area contributed by atoms with Gasteiger partial charge in [0, 0.05) is 11.8 Å². The summed E-state index contributed by atoms with van der Waals surface area (Å²) < 4.78 is 5.41. The quantitative estimate of drug-likeness (QED) is 0.796. The number of hydrogen-bond acceptors (Lipinski definition) is 4. The third kappa shape index (κ3) is 4.47. The Labute approximate surface area is 142 Å². The van der Waals surface area contributed by atoms with E-state index in [-0.39, 0.29) is 23.3 Å². The van der Waals surface area contributed by atoms with Crippen molar-refractivity contribution >= 4 is 46.2 Å². The first-order valence-corrected chi connectivity index (χ1v) is 7.98. The third-order valence-corrected chi connectivity index (χ3v) is 4.65. The molecule has 1 amide bonds. The van der Waals surface area contributed by atoms with Gasteiger partial charge in [-0.05, 0) is 24.3 Å². The maximum atomic E-state index is 12.1. The van der Waals surface area contributed by atoms with Crippen LogP contribution in [-0.2, 0) is 11.3 Å². The van der Waals surface area contributed by atoms with Crippen LogP contribution in [0.5, 0.6) is 5.75 Å². The minimum atomic E-state index is -0.157. The molecule has 0 fully saturated rings. The fourth-order valence-electron chi connectivity index (χ4n) is 1.64. The van der Waals surface area contributed by atoms with Gasteiger partial charge >= 0.3 is 0 Å². The molecule has 0 aliphatic carbocycles. The van der Waals surface area contributed by atoms with Crippen LogP contribution in [0.15, 0.2) is 30.3 Å². The van der Waals surface area contributed by atoms with Crippen LogP contribution in [0.25, 0.3) is 0 Å². The molecule has 0 aliphatic rings. The van der Waals surface area contributed by atoms with Gasteiger partial charge < -0.3 is 10.1 Å². The molecule has 2 rings (SSSR count). The van der Waals surface area contributed by atoms with E-state index in [1.165, 1.54) is 18.3 Å². The summed E-state index contributed by atoms with van der Waals surface area (Å²) in [6, 6.07) is 8.52. The number of nitrogens with one attached hydrogen (secondary N) is 1. The molecule has 0 unspecified atom stereocenters. The summed E-state index contributed by atoms with van der Waals surface area (Å²) in [5, 5.41) is 3.34. The zero-order valence-corrected chi connectivity index (χ0v) is 14.0. The van der Waals surface area contributed by atoms with E-state index in [4.69, 9.17) is 27.9 Å². The van der Waals surface area contributed by atoms with E-state index in [2.05, 4.69) is 5.32 Å². The van der Waals surface area contributed by atoms with Crippen molar-refractivity contribution in [1.29, 1.82) is 0 Å². The highest BCUT2D eigenvalue weighted by atomic mass is 35.5. The van der Waals surface area contributed by atoms with Crippen LogP contribution in [0, 0.1) is 0 Å². The lowest BCUT2D eigenvalue weighted by Crippen LogP contribution is -2.18. The Morgan fingerprint density at radius 3 is 2.73 bits per heavy atom. The lowest BCUT2D eigenvalue weighted by molar-refractivity contribution is -0.119. The number of ketones is 1. The smallest absolute Gasteiger partial charge is 0.217 e. The predicted octanol–water partition coefficient (Wildman–Crippen LogP) is 3.95. The largest absolute Gasteiger partial charge is 0.484 e. The van der Waals surface area contributed by atoms with Gasteiger partial charge in [0.05, 0.1) is 16.4 Å². The third-order valence-electron chi connectivity index (χ3n) is 2.72. The monoisotopic (exact) mass is 357 g/mol. The maximum Gasteiger partial charge on any atom is 0.217 e. The maximum absolute atomic E-state index is 12.1. The molecule has 0 saturated heterocycles. The molecule has 116 valence electrons. The second-order valence-electron chi connectivity index (χ2n) is 4.44. The topological polar surface area (TPSA) is 55.4 Å². The highest BCUT2D eigenvalue weighted by Gasteiger charge is 2.12. The van der Waals surface area contributed by atoms with Crippen LogP contribution in [-0.4, -0.2) is 18.3 Å². The zero-order chi connectivity index (χ0) is 16.1. The number of rotatable bonds is 6. The van der Waals surface area contributed by atoms with Crippen molar-refractivity contribution in [3.05, 3.63) is 50.1 Å². The molecule has 1 heterocycles. The molecule has 2 aromatic rings. The van der Waals surface area contributed by atoms with Crippen LogP contribution < -0.4 is 10.1 Å². The van der Waals surface area contributed by atoms with Gasteiger partial charge in [0.15, 0.2) is 6.61 Å². The molecule has 4 nitrogen and oxygen atoms in total. The first-order valence-electron chi connectivity index (χ1n) is 6.40.